The van der Waals surface area contributed by atoms with Crippen LogP contribution in [0.5, 0.6) is 0 Å². The minimum absolute atomic E-state index is 0.0497. The number of hydrogen-bond donors (Lipinski definition) is 0. The first-order valence-corrected chi connectivity index (χ1v) is 8.94. The lowest BCUT2D eigenvalue weighted by molar-refractivity contribution is 0.507. The van der Waals surface area contributed by atoms with Crippen molar-refractivity contribution in [2.75, 3.05) is 0 Å². The standard InChI is InChI=1S/C23H26N2/c1-23(2,3)21-16-10-13-19(21)17-22(18-11-6-4-7-12-18)25-24-20-14-8-5-9-15-20/h4-12,14-16,22H,13,17H2,1-3H3. The highest BCUT2D eigenvalue weighted by Crippen LogP contribution is 2.39. The first kappa shape index (κ1) is 17.3. The SMILES string of the molecule is CC(C)(C)C1=C(CC(N=Nc2ccccc2)c2ccccc2)CC=C1. The minimum atomic E-state index is 0.0497. The fourth-order valence-electron chi connectivity index (χ4n) is 3.29. The average Bonchev–Trinajstić information content (AvgIpc) is 3.09. The van der Waals surface area contributed by atoms with Crippen LogP contribution >= 0.6 is 0 Å². The van der Waals surface area contributed by atoms with Gasteiger partial charge in [-0.2, -0.15) is 10.2 Å². The highest BCUT2D eigenvalue weighted by Gasteiger charge is 2.24. The number of allylic oxidation sites excluding steroid dienone is 3. The van der Waals surface area contributed by atoms with Gasteiger partial charge in [-0.1, -0.05) is 87.0 Å². The molecule has 2 aromatic rings. The lowest BCUT2D eigenvalue weighted by Crippen LogP contribution is -2.09. The predicted octanol–water partition coefficient (Wildman–Crippen LogP) is 7.20. The Morgan fingerprint density at radius 3 is 2.20 bits per heavy atom. The Bertz CT molecular complexity index is 778. The van der Waals surface area contributed by atoms with E-state index in [0.29, 0.717) is 0 Å². The molecule has 2 aromatic carbocycles. The molecule has 1 unspecified atom stereocenters. The third-order valence-corrected chi connectivity index (χ3v) is 4.53. The summed E-state index contributed by atoms with van der Waals surface area (Å²) in [6, 6.07) is 20.5. The second-order valence-electron chi connectivity index (χ2n) is 7.56. The molecule has 0 heterocycles. The smallest absolute Gasteiger partial charge is 0.0999 e. The molecule has 0 spiro atoms. The van der Waals surface area contributed by atoms with Crippen LogP contribution in [0.1, 0.15) is 45.2 Å². The van der Waals surface area contributed by atoms with E-state index in [1.54, 1.807) is 0 Å². The van der Waals surface area contributed by atoms with Gasteiger partial charge >= 0.3 is 0 Å². The zero-order valence-corrected chi connectivity index (χ0v) is 15.3. The normalized spacial score (nSPS) is 16.0. The van der Waals surface area contributed by atoms with Crippen molar-refractivity contribution in [3.8, 4) is 0 Å². The maximum Gasteiger partial charge on any atom is 0.0999 e. The van der Waals surface area contributed by atoms with Crippen molar-refractivity contribution in [2.45, 2.75) is 39.7 Å². The topological polar surface area (TPSA) is 24.7 Å². The van der Waals surface area contributed by atoms with Gasteiger partial charge in [0.1, 0.15) is 0 Å². The second kappa shape index (κ2) is 7.60. The summed E-state index contributed by atoms with van der Waals surface area (Å²) in [6.07, 6.45) is 6.49. The molecule has 0 aliphatic heterocycles. The Labute approximate surface area is 151 Å². The number of hydrogen-bond acceptors (Lipinski definition) is 2. The van der Waals surface area contributed by atoms with Crippen LogP contribution in [0.4, 0.5) is 5.69 Å². The van der Waals surface area contributed by atoms with E-state index in [0.717, 1.165) is 18.5 Å². The van der Waals surface area contributed by atoms with E-state index in [1.165, 1.54) is 16.7 Å². The van der Waals surface area contributed by atoms with Crippen molar-refractivity contribution in [1.29, 1.82) is 0 Å². The molecule has 0 bridgehead atoms. The monoisotopic (exact) mass is 330 g/mol. The molecule has 2 nitrogen and oxygen atoms in total. The van der Waals surface area contributed by atoms with Crippen LogP contribution in [0.25, 0.3) is 0 Å². The molecule has 0 saturated carbocycles. The Kier molecular flexibility index (Phi) is 5.28. The molecule has 0 N–H and O–H groups in total. The summed E-state index contributed by atoms with van der Waals surface area (Å²) in [6.45, 7) is 6.84. The lowest BCUT2D eigenvalue weighted by Gasteiger charge is -2.23. The third-order valence-electron chi connectivity index (χ3n) is 4.53. The number of rotatable bonds is 5. The molecule has 0 aromatic heterocycles. The van der Waals surface area contributed by atoms with Crippen molar-refractivity contribution in [3.05, 3.63) is 89.5 Å². The minimum Gasteiger partial charge on any atom is -0.180 e. The van der Waals surface area contributed by atoms with Gasteiger partial charge in [0.15, 0.2) is 0 Å². The van der Waals surface area contributed by atoms with Gasteiger partial charge in [0.05, 0.1) is 11.7 Å². The van der Waals surface area contributed by atoms with Gasteiger partial charge in [-0.3, -0.25) is 0 Å². The zero-order valence-electron chi connectivity index (χ0n) is 15.3. The lowest BCUT2D eigenvalue weighted by atomic mass is 9.83. The maximum atomic E-state index is 4.71. The first-order valence-electron chi connectivity index (χ1n) is 8.94. The van der Waals surface area contributed by atoms with E-state index in [1.807, 2.05) is 36.4 Å². The van der Waals surface area contributed by atoms with Crippen LogP contribution in [-0.4, -0.2) is 0 Å². The number of benzene rings is 2. The van der Waals surface area contributed by atoms with Gasteiger partial charge in [-0.15, -0.1) is 0 Å². The Morgan fingerprint density at radius 2 is 1.56 bits per heavy atom. The van der Waals surface area contributed by atoms with Gasteiger partial charge in [-0.25, -0.2) is 0 Å². The van der Waals surface area contributed by atoms with Gasteiger partial charge in [0, 0.05) is 0 Å². The molecule has 128 valence electrons. The van der Waals surface area contributed by atoms with Crippen molar-refractivity contribution < 1.29 is 0 Å². The Hall–Kier alpha value is -2.48. The van der Waals surface area contributed by atoms with E-state index >= 15 is 0 Å². The fourth-order valence-corrected chi connectivity index (χ4v) is 3.29. The largest absolute Gasteiger partial charge is 0.180 e. The van der Waals surface area contributed by atoms with E-state index < -0.39 is 0 Å². The van der Waals surface area contributed by atoms with E-state index in [-0.39, 0.29) is 11.5 Å². The molecule has 0 radical (unpaired) electrons. The van der Waals surface area contributed by atoms with Crippen LogP contribution < -0.4 is 0 Å². The summed E-state index contributed by atoms with van der Waals surface area (Å²) in [5.41, 5.74) is 5.21. The Morgan fingerprint density at radius 1 is 0.920 bits per heavy atom. The summed E-state index contributed by atoms with van der Waals surface area (Å²) in [7, 11) is 0. The van der Waals surface area contributed by atoms with E-state index in [2.05, 4.69) is 62.3 Å². The molecule has 3 rings (SSSR count). The van der Waals surface area contributed by atoms with Crippen LogP contribution in [0, 0.1) is 5.41 Å². The molecule has 25 heavy (non-hydrogen) atoms. The molecule has 0 fully saturated rings. The second-order valence-corrected chi connectivity index (χ2v) is 7.56. The molecule has 1 atom stereocenters. The maximum absolute atomic E-state index is 4.71. The Balaban J connectivity index is 1.89. The molecule has 1 aliphatic rings. The quantitative estimate of drug-likeness (QED) is 0.518. The highest BCUT2D eigenvalue weighted by molar-refractivity contribution is 5.39. The molecule has 0 saturated heterocycles. The van der Waals surface area contributed by atoms with Crippen molar-refractivity contribution >= 4 is 5.69 Å². The summed E-state index contributed by atoms with van der Waals surface area (Å²) in [4.78, 5) is 0. The summed E-state index contributed by atoms with van der Waals surface area (Å²) < 4.78 is 0. The van der Waals surface area contributed by atoms with Gasteiger partial charge in [0.25, 0.3) is 0 Å². The van der Waals surface area contributed by atoms with Gasteiger partial charge < -0.3 is 0 Å². The number of azo groups is 1. The predicted molar refractivity (Wildman–Crippen MR) is 105 cm³/mol. The molecular formula is C23H26N2. The van der Waals surface area contributed by atoms with Gasteiger partial charge in [0.2, 0.25) is 0 Å². The van der Waals surface area contributed by atoms with Crippen LogP contribution in [0.3, 0.4) is 0 Å². The molecule has 0 amide bonds. The van der Waals surface area contributed by atoms with Gasteiger partial charge in [-0.05, 0) is 41.5 Å². The van der Waals surface area contributed by atoms with Crippen molar-refractivity contribution in [2.24, 2.45) is 15.6 Å². The van der Waals surface area contributed by atoms with Crippen LogP contribution in [0.2, 0.25) is 0 Å². The fraction of sp³-hybridized carbons (Fsp3) is 0.304. The van der Waals surface area contributed by atoms with Crippen molar-refractivity contribution in [3.63, 3.8) is 0 Å². The summed E-state index contributed by atoms with van der Waals surface area (Å²) in [5.74, 6) is 0. The molecular weight excluding hydrogens is 304 g/mol. The van der Waals surface area contributed by atoms with E-state index in [9.17, 15) is 0 Å². The molecule has 1 aliphatic carbocycles. The number of nitrogens with zero attached hydrogens (tertiary/aromatic N) is 2. The first-order chi connectivity index (χ1) is 12.0. The van der Waals surface area contributed by atoms with Crippen LogP contribution in [0.15, 0.2) is 94.2 Å². The summed E-state index contributed by atoms with van der Waals surface area (Å²) >= 11 is 0. The molecule has 2 heteroatoms. The third kappa shape index (κ3) is 4.54. The van der Waals surface area contributed by atoms with E-state index in [4.69, 9.17) is 5.11 Å². The van der Waals surface area contributed by atoms with Crippen LogP contribution in [-0.2, 0) is 0 Å². The average molecular weight is 330 g/mol. The zero-order chi connectivity index (χ0) is 17.7. The van der Waals surface area contributed by atoms with Crippen molar-refractivity contribution in [1.82, 2.24) is 0 Å². The summed E-state index contributed by atoms with van der Waals surface area (Å²) in [5, 5.41) is 9.20. The highest BCUT2D eigenvalue weighted by atomic mass is 15.1.